The minimum Gasteiger partial charge on any atom is -0.504 e. The number of benzene rings is 1. The van der Waals surface area contributed by atoms with Gasteiger partial charge in [-0.05, 0) is 24.3 Å². The largest absolute Gasteiger partial charge is 0.504 e. The van der Waals surface area contributed by atoms with Crippen LogP contribution in [-0.4, -0.2) is 35.1 Å². The number of hydrogen-bond donors (Lipinski definition) is 2. The fourth-order valence-corrected chi connectivity index (χ4v) is 1.93. The highest BCUT2D eigenvalue weighted by atomic mass is 16.6. The molecule has 1 aromatic carbocycles. The normalized spacial score (nSPS) is 10.5. The van der Waals surface area contributed by atoms with Crippen LogP contribution in [0.15, 0.2) is 36.5 Å². The van der Waals surface area contributed by atoms with Gasteiger partial charge in [0.1, 0.15) is 17.7 Å². The molecular formula is C16H15N3O6. The topological polar surface area (TPSA) is 124 Å². The van der Waals surface area contributed by atoms with Crippen LogP contribution in [0.5, 0.6) is 17.2 Å². The molecule has 0 unspecified atom stereocenters. The van der Waals surface area contributed by atoms with Crippen LogP contribution in [0.3, 0.4) is 0 Å². The summed E-state index contributed by atoms with van der Waals surface area (Å²) in [5, 5.41) is 22.6. The van der Waals surface area contributed by atoms with Crippen molar-refractivity contribution in [3.63, 3.8) is 0 Å². The number of nitrogens with zero attached hydrogens (tertiary/aromatic N) is 2. The van der Waals surface area contributed by atoms with Gasteiger partial charge >= 0.3 is 0 Å². The Morgan fingerprint density at radius 1 is 1.32 bits per heavy atom. The molecule has 0 fully saturated rings. The van der Waals surface area contributed by atoms with E-state index in [1.54, 1.807) is 18.2 Å². The number of carbonyl (C=O) groups is 1. The number of methoxy groups -OCH3 is 2. The summed E-state index contributed by atoms with van der Waals surface area (Å²) in [7, 11) is 3.02. The third-order valence-electron chi connectivity index (χ3n) is 3.16. The van der Waals surface area contributed by atoms with Gasteiger partial charge in [0.05, 0.1) is 25.2 Å². The highest BCUT2D eigenvalue weighted by molar-refractivity contribution is 6.02. The number of nitrogens with one attached hydrogen (secondary N) is 1. The molecule has 0 aliphatic heterocycles. The van der Waals surface area contributed by atoms with Gasteiger partial charge in [-0.2, -0.15) is 0 Å². The summed E-state index contributed by atoms with van der Waals surface area (Å²) in [6, 6.07) is 6.00. The fourth-order valence-electron chi connectivity index (χ4n) is 1.93. The van der Waals surface area contributed by atoms with Crippen LogP contribution >= 0.6 is 0 Å². The summed E-state index contributed by atoms with van der Waals surface area (Å²) in [4.78, 5) is 25.5. The monoisotopic (exact) mass is 345 g/mol. The first-order valence-electron chi connectivity index (χ1n) is 6.99. The quantitative estimate of drug-likeness (QED) is 0.468. The van der Waals surface area contributed by atoms with Gasteiger partial charge in [-0.15, -0.1) is 0 Å². The summed E-state index contributed by atoms with van der Waals surface area (Å²) >= 11 is 0. The van der Waals surface area contributed by atoms with E-state index >= 15 is 0 Å². The number of ether oxygens (including phenoxy) is 2. The Morgan fingerprint density at radius 3 is 2.68 bits per heavy atom. The number of aromatic hydroxyl groups is 1. The second-order valence-electron chi connectivity index (χ2n) is 4.75. The summed E-state index contributed by atoms with van der Waals surface area (Å²) in [5.74, 6) is -0.133. The summed E-state index contributed by atoms with van der Waals surface area (Å²) < 4.78 is 10.3. The van der Waals surface area contributed by atoms with Crippen molar-refractivity contribution in [3.05, 3.63) is 52.2 Å². The van der Waals surface area contributed by atoms with Crippen molar-refractivity contribution in [2.45, 2.75) is 0 Å². The van der Waals surface area contributed by atoms with Crippen molar-refractivity contribution < 1.29 is 24.3 Å². The SMILES string of the molecule is COc1ccc(OC)c(/C=C/C(=O)Nc2ncc([N+](=O)[O-])cc2O)c1. The molecule has 2 rings (SSSR count). The number of aromatic nitrogens is 1. The van der Waals surface area contributed by atoms with E-state index in [1.807, 2.05) is 0 Å². The summed E-state index contributed by atoms with van der Waals surface area (Å²) in [6.45, 7) is 0. The lowest BCUT2D eigenvalue weighted by Gasteiger charge is -2.07. The minimum atomic E-state index is -0.701. The standard InChI is InChI=1S/C16H15N3O6/c1-24-12-4-5-14(25-2)10(7-12)3-6-15(21)18-16-13(20)8-11(9-17-16)19(22)23/h3-9,20H,1-2H3,(H,17,18,21)/b6-3+. The van der Waals surface area contributed by atoms with E-state index < -0.39 is 16.6 Å². The van der Waals surface area contributed by atoms with Crippen molar-refractivity contribution in [2.75, 3.05) is 19.5 Å². The Balaban J connectivity index is 2.15. The predicted molar refractivity (Wildman–Crippen MR) is 89.8 cm³/mol. The van der Waals surface area contributed by atoms with Gasteiger partial charge in [0.25, 0.3) is 5.69 Å². The second kappa shape index (κ2) is 7.77. The fraction of sp³-hybridized carbons (Fsp3) is 0.125. The number of nitro groups is 1. The number of rotatable bonds is 6. The van der Waals surface area contributed by atoms with Crippen LogP contribution in [0.1, 0.15) is 5.56 Å². The van der Waals surface area contributed by atoms with E-state index in [0.717, 1.165) is 12.3 Å². The Morgan fingerprint density at radius 2 is 2.08 bits per heavy atom. The highest BCUT2D eigenvalue weighted by Crippen LogP contribution is 2.26. The third kappa shape index (κ3) is 4.44. The van der Waals surface area contributed by atoms with Crippen molar-refractivity contribution in [1.82, 2.24) is 4.98 Å². The number of hydrogen-bond acceptors (Lipinski definition) is 7. The Bertz CT molecular complexity index is 835. The molecule has 0 saturated carbocycles. The number of amides is 1. The van der Waals surface area contributed by atoms with Crippen LogP contribution in [0.25, 0.3) is 6.08 Å². The molecule has 0 radical (unpaired) electrons. The van der Waals surface area contributed by atoms with Crippen LogP contribution in [-0.2, 0) is 4.79 Å². The molecule has 0 aliphatic carbocycles. The molecule has 9 nitrogen and oxygen atoms in total. The van der Waals surface area contributed by atoms with Crippen LogP contribution in [0.4, 0.5) is 11.5 Å². The molecule has 1 aromatic heterocycles. The summed E-state index contributed by atoms with van der Waals surface area (Å²) in [5.41, 5.74) is 0.227. The molecule has 9 heteroatoms. The van der Waals surface area contributed by atoms with E-state index in [0.29, 0.717) is 17.1 Å². The van der Waals surface area contributed by atoms with Gasteiger partial charge in [0.2, 0.25) is 5.91 Å². The summed E-state index contributed by atoms with van der Waals surface area (Å²) in [6.07, 6.45) is 3.64. The van der Waals surface area contributed by atoms with E-state index in [9.17, 15) is 20.0 Å². The van der Waals surface area contributed by atoms with Crippen molar-refractivity contribution >= 4 is 23.5 Å². The minimum absolute atomic E-state index is 0.183. The molecule has 0 bridgehead atoms. The van der Waals surface area contributed by atoms with Crippen LogP contribution < -0.4 is 14.8 Å². The molecular weight excluding hydrogens is 330 g/mol. The van der Waals surface area contributed by atoms with Gasteiger partial charge in [0, 0.05) is 11.6 Å². The molecule has 25 heavy (non-hydrogen) atoms. The zero-order valence-electron chi connectivity index (χ0n) is 13.4. The van der Waals surface area contributed by atoms with Gasteiger partial charge in [-0.3, -0.25) is 14.9 Å². The highest BCUT2D eigenvalue weighted by Gasteiger charge is 2.12. The van der Waals surface area contributed by atoms with Crippen LogP contribution in [0, 0.1) is 10.1 Å². The molecule has 2 aromatic rings. The van der Waals surface area contributed by atoms with Gasteiger partial charge < -0.3 is 19.9 Å². The van der Waals surface area contributed by atoms with Gasteiger partial charge in [-0.1, -0.05) is 0 Å². The molecule has 0 spiro atoms. The first-order valence-corrected chi connectivity index (χ1v) is 6.99. The molecule has 130 valence electrons. The molecule has 0 atom stereocenters. The van der Waals surface area contributed by atoms with Gasteiger partial charge in [0.15, 0.2) is 11.6 Å². The second-order valence-corrected chi connectivity index (χ2v) is 4.75. The van der Waals surface area contributed by atoms with E-state index in [-0.39, 0.29) is 11.5 Å². The zero-order chi connectivity index (χ0) is 18.4. The van der Waals surface area contributed by atoms with Gasteiger partial charge in [-0.25, -0.2) is 4.98 Å². The smallest absolute Gasteiger partial charge is 0.291 e. The predicted octanol–water partition coefficient (Wildman–Crippen LogP) is 2.36. The van der Waals surface area contributed by atoms with E-state index in [4.69, 9.17) is 9.47 Å². The van der Waals surface area contributed by atoms with Crippen molar-refractivity contribution in [2.24, 2.45) is 0 Å². The molecule has 2 N–H and O–H groups in total. The molecule has 1 heterocycles. The average Bonchev–Trinajstić information content (AvgIpc) is 2.61. The lowest BCUT2D eigenvalue weighted by atomic mass is 10.1. The van der Waals surface area contributed by atoms with Crippen LogP contribution in [0.2, 0.25) is 0 Å². The molecule has 0 aliphatic rings. The van der Waals surface area contributed by atoms with E-state index in [1.165, 1.54) is 26.4 Å². The first-order chi connectivity index (χ1) is 11.9. The molecule has 0 saturated heterocycles. The lowest BCUT2D eigenvalue weighted by molar-refractivity contribution is -0.385. The maximum absolute atomic E-state index is 12.0. The zero-order valence-corrected chi connectivity index (χ0v) is 13.4. The maximum atomic E-state index is 12.0. The number of anilines is 1. The Hall–Kier alpha value is -3.62. The average molecular weight is 345 g/mol. The Labute approximate surface area is 142 Å². The first kappa shape index (κ1) is 17.7. The van der Waals surface area contributed by atoms with Crippen molar-refractivity contribution in [1.29, 1.82) is 0 Å². The lowest BCUT2D eigenvalue weighted by Crippen LogP contribution is -2.09. The van der Waals surface area contributed by atoms with Crippen molar-refractivity contribution in [3.8, 4) is 17.2 Å². The Kier molecular flexibility index (Phi) is 5.51. The number of carbonyl (C=O) groups excluding carboxylic acids is 1. The molecule has 1 amide bonds. The third-order valence-corrected chi connectivity index (χ3v) is 3.16. The number of pyridine rings is 1. The van der Waals surface area contributed by atoms with E-state index in [2.05, 4.69) is 10.3 Å². The maximum Gasteiger partial charge on any atom is 0.291 e.